The Balaban J connectivity index is 1.94. The zero-order valence-corrected chi connectivity index (χ0v) is 14.7. The van der Waals surface area contributed by atoms with Crippen molar-refractivity contribution >= 4 is 17.6 Å². The number of rotatable bonds is 7. The minimum Gasteiger partial charge on any atom is -0.493 e. The summed E-state index contributed by atoms with van der Waals surface area (Å²) < 4.78 is 29.0. The van der Waals surface area contributed by atoms with Gasteiger partial charge in [0.25, 0.3) is 5.91 Å². The quantitative estimate of drug-likeness (QED) is 0.768. The Kier molecular flexibility index (Phi) is 6.54. The Morgan fingerprint density at radius 1 is 1.08 bits per heavy atom. The van der Waals surface area contributed by atoms with Gasteiger partial charge in [0, 0.05) is 0 Å². The average molecular weight is 361 g/mol. The topological polar surface area (TPSA) is 73.9 Å². The van der Waals surface area contributed by atoms with Gasteiger partial charge in [0.05, 0.1) is 26.3 Å². The van der Waals surface area contributed by atoms with Crippen molar-refractivity contribution in [2.45, 2.75) is 19.4 Å². The first kappa shape index (κ1) is 19.2. The molecule has 0 spiro atoms. The molecular formula is C19H20FNO5. The molecule has 0 aliphatic rings. The van der Waals surface area contributed by atoms with Crippen molar-refractivity contribution in [1.82, 2.24) is 0 Å². The highest BCUT2D eigenvalue weighted by Crippen LogP contribution is 2.27. The highest BCUT2D eigenvalue weighted by Gasteiger charge is 2.19. The van der Waals surface area contributed by atoms with Crippen LogP contribution in [-0.4, -0.2) is 32.2 Å². The van der Waals surface area contributed by atoms with Crippen molar-refractivity contribution in [1.29, 1.82) is 0 Å². The predicted octanol–water partition coefficient (Wildman–Crippen LogP) is 2.96. The summed E-state index contributed by atoms with van der Waals surface area (Å²) in [6, 6.07) is 10.8. The predicted molar refractivity (Wildman–Crippen MR) is 93.8 cm³/mol. The molecule has 0 bridgehead atoms. The molecule has 2 rings (SSSR count). The van der Waals surface area contributed by atoms with Gasteiger partial charge in [-0.3, -0.25) is 9.59 Å². The van der Waals surface area contributed by atoms with Crippen molar-refractivity contribution in [2.75, 3.05) is 19.5 Å². The molecule has 26 heavy (non-hydrogen) atoms. The van der Waals surface area contributed by atoms with Crippen LogP contribution in [-0.2, 0) is 20.7 Å². The summed E-state index contributed by atoms with van der Waals surface area (Å²) in [5.74, 6) is -0.737. The number of carbonyl (C=O) groups excluding carboxylic acids is 2. The van der Waals surface area contributed by atoms with Crippen LogP contribution in [0.25, 0.3) is 0 Å². The lowest BCUT2D eigenvalue weighted by Crippen LogP contribution is -2.30. The molecule has 2 aromatic carbocycles. The van der Waals surface area contributed by atoms with Crippen LogP contribution >= 0.6 is 0 Å². The molecule has 7 heteroatoms. The van der Waals surface area contributed by atoms with E-state index in [0.29, 0.717) is 17.1 Å². The summed E-state index contributed by atoms with van der Waals surface area (Å²) in [6.07, 6.45) is -1.11. The summed E-state index contributed by atoms with van der Waals surface area (Å²) in [5, 5.41) is 2.38. The molecule has 138 valence electrons. The Bertz CT molecular complexity index is 793. The van der Waals surface area contributed by atoms with Gasteiger partial charge in [-0.25, -0.2) is 4.39 Å². The number of para-hydroxylation sites is 1. The fourth-order valence-corrected chi connectivity index (χ4v) is 2.25. The molecule has 6 nitrogen and oxygen atoms in total. The van der Waals surface area contributed by atoms with Crippen LogP contribution in [0.4, 0.5) is 10.1 Å². The van der Waals surface area contributed by atoms with Gasteiger partial charge in [-0.15, -0.1) is 0 Å². The van der Waals surface area contributed by atoms with Crippen LogP contribution in [0.1, 0.15) is 12.5 Å². The molecule has 0 heterocycles. The van der Waals surface area contributed by atoms with Gasteiger partial charge in [-0.05, 0) is 36.8 Å². The number of anilines is 1. The Morgan fingerprint density at radius 3 is 2.42 bits per heavy atom. The number of hydrogen-bond donors (Lipinski definition) is 1. The molecule has 0 aromatic heterocycles. The lowest BCUT2D eigenvalue weighted by Gasteiger charge is -2.14. The zero-order chi connectivity index (χ0) is 19.1. The third kappa shape index (κ3) is 4.95. The van der Waals surface area contributed by atoms with Gasteiger partial charge < -0.3 is 19.5 Å². The highest BCUT2D eigenvalue weighted by atomic mass is 19.1. The van der Waals surface area contributed by atoms with E-state index in [1.807, 2.05) is 0 Å². The Labute approximate surface area is 150 Å². The molecule has 1 N–H and O–H groups in total. The van der Waals surface area contributed by atoms with Gasteiger partial charge in [0.15, 0.2) is 17.6 Å². The van der Waals surface area contributed by atoms with E-state index in [1.54, 1.807) is 24.3 Å². The van der Waals surface area contributed by atoms with Crippen LogP contribution in [0.15, 0.2) is 42.5 Å². The molecule has 0 aliphatic heterocycles. The van der Waals surface area contributed by atoms with Gasteiger partial charge in [-0.1, -0.05) is 18.2 Å². The maximum atomic E-state index is 13.6. The number of halogens is 1. The number of benzene rings is 2. The van der Waals surface area contributed by atoms with E-state index in [1.165, 1.54) is 39.3 Å². The first-order valence-electron chi connectivity index (χ1n) is 7.90. The molecule has 0 aliphatic carbocycles. The van der Waals surface area contributed by atoms with Crippen LogP contribution in [0, 0.1) is 5.82 Å². The molecule has 0 fully saturated rings. The number of ether oxygens (including phenoxy) is 3. The molecule has 0 radical (unpaired) electrons. The third-order valence-corrected chi connectivity index (χ3v) is 3.61. The smallest absolute Gasteiger partial charge is 0.311 e. The SMILES string of the molecule is COc1ccc(CC(=O)O[C@H](C)C(=O)Nc2ccccc2F)cc1OC. The summed E-state index contributed by atoms with van der Waals surface area (Å²) in [5.41, 5.74) is 0.676. The first-order chi connectivity index (χ1) is 12.4. The average Bonchev–Trinajstić information content (AvgIpc) is 2.63. The van der Waals surface area contributed by atoms with Gasteiger partial charge >= 0.3 is 5.97 Å². The molecule has 0 saturated carbocycles. The number of nitrogens with one attached hydrogen (secondary N) is 1. The van der Waals surface area contributed by atoms with Crippen LogP contribution in [0.3, 0.4) is 0 Å². The summed E-state index contributed by atoms with van der Waals surface area (Å²) in [6.45, 7) is 1.42. The van der Waals surface area contributed by atoms with Gasteiger partial charge in [0.1, 0.15) is 5.82 Å². The van der Waals surface area contributed by atoms with E-state index in [9.17, 15) is 14.0 Å². The summed E-state index contributed by atoms with van der Waals surface area (Å²) in [7, 11) is 3.01. The summed E-state index contributed by atoms with van der Waals surface area (Å²) >= 11 is 0. The second-order valence-electron chi connectivity index (χ2n) is 5.47. The van der Waals surface area contributed by atoms with Crippen molar-refractivity contribution in [2.24, 2.45) is 0 Å². The van der Waals surface area contributed by atoms with Crippen molar-refractivity contribution in [3.05, 3.63) is 53.8 Å². The van der Waals surface area contributed by atoms with Crippen LogP contribution in [0.2, 0.25) is 0 Å². The maximum Gasteiger partial charge on any atom is 0.311 e. The van der Waals surface area contributed by atoms with Crippen molar-refractivity contribution in [3.8, 4) is 11.5 Å². The monoisotopic (exact) mass is 361 g/mol. The van der Waals surface area contributed by atoms with E-state index in [0.717, 1.165) is 0 Å². The summed E-state index contributed by atoms with van der Waals surface area (Å²) in [4.78, 5) is 24.1. The van der Waals surface area contributed by atoms with Crippen molar-refractivity contribution in [3.63, 3.8) is 0 Å². The number of esters is 1. The van der Waals surface area contributed by atoms with Gasteiger partial charge in [-0.2, -0.15) is 0 Å². The number of methoxy groups -OCH3 is 2. The van der Waals surface area contributed by atoms with Gasteiger partial charge in [0.2, 0.25) is 0 Å². The van der Waals surface area contributed by atoms with E-state index in [2.05, 4.69) is 5.32 Å². The third-order valence-electron chi connectivity index (χ3n) is 3.61. The minimum absolute atomic E-state index is 0.0280. The number of amides is 1. The zero-order valence-electron chi connectivity index (χ0n) is 14.7. The Hall–Kier alpha value is -3.09. The molecule has 1 amide bonds. The van der Waals surface area contributed by atoms with Crippen molar-refractivity contribution < 1.29 is 28.2 Å². The fourth-order valence-electron chi connectivity index (χ4n) is 2.25. The second-order valence-corrected chi connectivity index (χ2v) is 5.47. The lowest BCUT2D eigenvalue weighted by atomic mass is 10.1. The standard InChI is InChI=1S/C19H20FNO5/c1-12(19(23)21-15-7-5-4-6-14(15)20)26-18(22)11-13-8-9-16(24-2)17(10-13)25-3/h4-10,12H,11H2,1-3H3,(H,21,23)/t12-/m1/s1. The molecule has 1 atom stereocenters. The van der Waals surface area contributed by atoms with E-state index in [-0.39, 0.29) is 12.1 Å². The fraction of sp³-hybridized carbons (Fsp3) is 0.263. The Morgan fingerprint density at radius 2 is 1.77 bits per heavy atom. The van der Waals surface area contributed by atoms with E-state index in [4.69, 9.17) is 14.2 Å². The molecule has 0 saturated heterocycles. The number of carbonyl (C=O) groups is 2. The minimum atomic E-state index is -1.07. The van der Waals surface area contributed by atoms with E-state index < -0.39 is 23.8 Å². The first-order valence-corrected chi connectivity index (χ1v) is 7.90. The molecule has 0 unspecified atom stereocenters. The largest absolute Gasteiger partial charge is 0.493 e. The molecular weight excluding hydrogens is 341 g/mol. The highest BCUT2D eigenvalue weighted by molar-refractivity contribution is 5.95. The second kappa shape index (κ2) is 8.84. The number of hydrogen-bond acceptors (Lipinski definition) is 5. The van der Waals surface area contributed by atoms with E-state index >= 15 is 0 Å². The normalized spacial score (nSPS) is 11.4. The maximum absolute atomic E-state index is 13.6. The lowest BCUT2D eigenvalue weighted by molar-refractivity contribution is -0.152. The molecule has 2 aromatic rings. The van der Waals surface area contributed by atoms with Crippen LogP contribution < -0.4 is 14.8 Å². The van der Waals surface area contributed by atoms with Crippen LogP contribution in [0.5, 0.6) is 11.5 Å².